The molecule has 0 saturated heterocycles. The molecule has 100 valence electrons. The largest absolute Gasteiger partial charge is 0.395 e. The number of nitrogens with zero attached hydrogens (tertiary/aromatic N) is 2. The summed E-state index contributed by atoms with van der Waals surface area (Å²) in [5.74, 6) is 5.49. The van der Waals surface area contributed by atoms with Crippen molar-refractivity contribution < 1.29 is 9.90 Å². The van der Waals surface area contributed by atoms with Crippen LogP contribution in [0.1, 0.15) is 28.8 Å². The van der Waals surface area contributed by atoms with E-state index in [-0.39, 0.29) is 25.1 Å². The van der Waals surface area contributed by atoms with Gasteiger partial charge in [0.15, 0.2) is 0 Å². The normalized spacial score (nSPS) is 13.6. The summed E-state index contributed by atoms with van der Waals surface area (Å²) in [5, 5.41) is 9.03. The molecule has 0 aliphatic heterocycles. The lowest BCUT2D eigenvalue weighted by molar-refractivity contribution is 0.0707. The molecule has 2 rings (SSSR count). The Labute approximate surface area is 112 Å². The number of aromatic nitrogens is 1. The summed E-state index contributed by atoms with van der Waals surface area (Å²) in [6.07, 6.45) is 5.15. The van der Waals surface area contributed by atoms with E-state index in [2.05, 4.69) is 16.8 Å². The molecule has 0 bridgehead atoms. The highest BCUT2D eigenvalue weighted by Gasteiger charge is 2.32. The van der Waals surface area contributed by atoms with E-state index in [1.54, 1.807) is 17.2 Å². The van der Waals surface area contributed by atoms with Gasteiger partial charge >= 0.3 is 0 Å². The number of hydrogen-bond acceptors (Lipinski definition) is 4. The molecule has 1 aliphatic rings. The Kier molecular flexibility index (Phi) is 4.50. The predicted molar refractivity (Wildman–Crippen MR) is 71.3 cm³/mol. The molecule has 0 aromatic carbocycles. The van der Waals surface area contributed by atoms with Crippen LogP contribution in [0.2, 0.25) is 0 Å². The van der Waals surface area contributed by atoms with Crippen molar-refractivity contribution in [3.05, 3.63) is 29.6 Å². The van der Waals surface area contributed by atoms with E-state index in [1.165, 1.54) is 6.20 Å². The van der Waals surface area contributed by atoms with Gasteiger partial charge in [-0.15, -0.1) is 0 Å². The van der Waals surface area contributed by atoms with Gasteiger partial charge in [0.2, 0.25) is 0 Å². The molecule has 3 N–H and O–H groups in total. The Bertz CT molecular complexity index is 515. The molecule has 5 heteroatoms. The maximum Gasteiger partial charge on any atom is 0.255 e. The first kappa shape index (κ1) is 13.5. The highest BCUT2D eigenvalue weighted by atomic mass is 16.3. The van der Waals surface area contributed by atoms with E-state index < -0.39 is 0 Å². The molecular weight excluding hydrogens is 242 g/mol. The third-order valence-electron chi connectivity index (χ3n) is 2.91. The minimum absolute atomic E-state index is 0.0255. The molecule has 0 spiro atoms. The molecule has 1 aromatic heterocycles. The van der Waals surface area contributed by atoms with E-state index in [9.17, 15) is 4.79 Å². The number of amides is 1. The van der Waals surface area contributed by atoms with E-state index in [0.29, 0.717) is 17.7 Å². The number of rotatable bonds is 4. The molecule has 0 atom stereocenters. The van der Waals surface area contributed by atoms with Crippen molar-refractivity contribution in [2.75, 3.05) is 19.7 Å². The van der Waals surface area contributed by atoms with Gasteiger partial charge in [0.25, 0.3) is 5.91 Å². The van der Waals surface area contributed by atoms with Crippen LogP contribution in [0.5, 0.6) is 0 Å². The third-order valence-corrected chi connectivity index (χ3v) is 2.91. The molecule has 19 heavy (non-hydrogen) atoms. The van der Waals surface area contributed by atoms with Crippen LogP contribution in [0.3, 0.4) is 0 Å². The standard InChI is InChI=1S/C14H17N3O2/c15-5-1-2-11-8-12(10-16-9-11)14(19)17(6-7-18)13-3-4-13/h8-10,13,18H,3-7,15H2. The van der Waals surface area contributed by atoms with Gasteiger partial charge in [-0.2, -0.15) is 0 Å². The van der Waals surface area contributed by atoms with Gasteiger partial charge in [-0.1, -0.05) is 11.8 Å². The minimum Gasteiger partial charge on any atom is -0.395 e. The van der Waals surface area contributed by atoms with Gasteiger partial charge in [0.1, 0.15) is 0 Å². The molecule has 1 aromatic rings. The molecular formula is C14H17N3O2. The minimum atomic E-state index is -0.0968. The number of nitrogens with two attached hydrogens (primary N) is 1. The number of aliphatic hydroxyl groups excluding tert-OH is 1. The number of hydrogen-bond donors (Lipinski definition) is 2. The molecule has 1 amide bonds. The van der Waals surface area contributed by atoms with Gasteiger partial charge in [0.05, 0.1) is 18.7 Å². The van der Waals surface area contributed by atoms with E-state index in [0.717, 1.165) is 12.8 Å². The Morgan fingerprint density at radius 2 is 2.32 bits per heavy atom. The molecule has 0 radical (unpaired) electrons. The SMILES string of the molecule is NCC#Cc1cncc(C(=O)N(CCO)C2CC2)c1. The molecule has 5 nitrogen and oxygen atoms in total. The van der Waals surface area contributed by atoms with E-state index >= 15 is 0 Å². The lowest BCUT2D eigenvalue weighted by atomic mass is 10.2. The van der Waals surface area contributed by atoms with Crippen molar-refractivity contribution >= 4 is 5.91 Å². The lowest BCUT2D eigenvalue weighted by Gasteiger charge is -2.21. The summed E-state index contributed by atoms with van der Waals surface area (Å²) >= 11 is 0. The fraction of sp³-hybridized carbons (Fsp3) is 0.429. The fourth-order valence-corrected chi connectivity index (χ4v) is 1.89. The van der Waals surface area contributed by atoms with Crippen LogP contribution < -0.4 is 5.73 Å². The van der Waals surface area contributed by atoms with Crippen molar-refractivity contribution in [2.24, 2.45) is 5.73 Å². The summed E-state index contributed by atoms with van der Waals surface area (Å²) in [6.45, 7) is 0.613. The molecule has 1 fully saturated rings. The first-order valence-electron chi connectivity index (χ1n) is 6.32. The van der Waals surface area contributed by atoms with Crippen molar-refractivity contribution in [3.63, 3.8) is 0 Å². The molecule has 1 aliphatic carbocycles. The lowest BCUT2D eigenvalue weighted by Crippen LogP contribution is -2.35. The summed E-state index contributed by atoms with van der Waals surface area (Å²) in [7, 11) is 0. The van der Waals surface area contributed by atoms with Gasteiger partial charge in [-0.25, -0.2) is 0 Å². The van der Waals surface area contributed by atoms with Crippen molar-refractivity contribution in [2.45, 2.75) is 18.9 Å². The van der Waals surface area contributed by atoms with Crippen LogP contribution in [0.15, 0.2) is 18.5 Å². The Hall–Kier alpha value is -1.90. The predicted octanol–water partition coefficient (Wildman–Crippen LogP) is -0.0113. The third kappa shape index (κ3) is 3.53. The average Bonchev–Trinajstić information content (AvgIpc) is 3.26. The second-order valence-electron chi connectivity index (χ2n) is 4.42. The van der Waals surface area contributed by atoms with Crippen LogP contribution in [-0.4, -0.2) is 46.6 Å². The van der Waals surface area contributed by atoms with Gasteiger partial charge in [0, 0.05) is 30.5 Å². The zero-order chi connectivity index (χ0) is 13.7. The Morgan fingerprint density at radius 3 is 2.95 bits per heavy atom. The first-order valence-corrected chi connectivity index (χ1v) is 6.32. The van der Waals surface area contributed by atoms with E-state index in [1.807, 2.05) is 0 Å². The average molecular weight is 259 g/mol. The number of carbonyl (C=O) groups is 1. The van der Waals surface area contributed by atoms with Crippen molar-refractivity contribution in [1.82, 2.24) is 9.88 Å². The second-order valence-corrected chi connectivity index (χ2v) is 4.42. The van der Waals surface area contributed by atoms with Crippen LogP contribution in [0.25, 0.3) is 0 Å². The number of carbonyl (C=O) groups excluding carboxylic acids is 1. The van der Waals surface area contributed by atoms with E-state index in [4.69, 9.17) is 10.8 Å². The molecule has 1 saturated carbocycles. The van der Waals surface area contributed by atoms with Crippen molar-refractivity contribution in [1.29, 1.82) is 0 Å². The van der Waals surface area contributed by atoms with Crippen LogP contribution in [0.4, 0.5) is 0 Å². The van der Waals surface area contributed by atoms with Gasteiger partial charge in [-0.05, 0) is 18.9 Å². The quantitative estimate of drug-likeness (QED) is 0.745. The van der Waals surface area contributed by atoms with Crippen LogP contribution >= 0.6 is 0 Å². The first-order chi connectivity index (χ1) is 9.26. The zero-order valence-electron chi connectivity index (χ0n) is 10.7. The second kappa shape index (κ2) is 6.32. The fourth-order valence-electron chi connectivity index (χ4n) is 1.89. The van der Waals surface area contributed by atoms with Crippen molar-refractivity contribution in [3.8, 4) is 11.8 Å². The topological polar surface area (TPSA) is 79.5 Å². The summed E-state index contributed by atoms with van der Waals surface area (Å²) in [5.41, 5.74) is 6.49. The summed E-state index contributed by atoms with van der Waals surface area (Å²) in [4.78, 5) is 18.1. The van der Waals surface area contributed by atoms with Crippen LogP contribution in [-0.2, 0) is 0 Å². The number of pyridine rings is 1. The van der Waals surface area contributed by atoms with Crippen LogP contribution in [0, 0.1) is 11.8 Å². The molecule has 1 heterocycles. The summed E-state index contributed by atoms with van der Waals surface area (Å²) < 4.78 is 0. The zero-order valence-corrected chi connectivity index (χ0v) is 10.7. The molecule has 0 unspecified atom stereocenters. The highest BCUT2D eigenvalue weighted by Crippen LogP contribution is 2.27. The smallest absolute Gasteiger partial charge is 0.255 e. The number of aliphatic hydroxyl groups is 1. The van der Waals surface area contributed by atoms with Gasteiger partial charge in [-0.3, -0.25) is 9.78 Å². The monoisotopic (exact) mass is 259 g/mol. The highest BCUT2D eigenvalue weighted by molar-refractivity contribution is 5.94. The summed E-state index contributed by atoms with van der Waals surface area (Å²) in [6, 6.07) is 1.98. The van der Waals surface area contributed by atoms with Gasteiger partial charge < -0.3 is 15.7 Å². The maximum atomic E-state index is 12.3. The Balaban J connectivity index is 2.17. The Morgan fingerprint density at radius 1 is 1.53 bits per heavy atom. The maximum absolute atomic E-state index is 12.3.